The molecule has 9 heteroatoms. The van der Waals surface area contributed by atoms with Crippen molar-refractivity contribution in [3.05, 3.63) is 57.0 Å². The van der Waals surface area contributed by atoms with E-state index >= 15 is 0 Å². The second-order valence-corrected chi connectivity index (χ2v) is 7.68. The van der Waals surface area contributed by atoms with Crippen LogP contribution < -0.4 is 5.56 Å². The molecule has 0 spiro atoms. The molecule has 0 fully saturated rings. The predicted molar refractivity (Wildman–Crippen MR) is 104 cm³/mol. The van der Waals surface area contributed by atoms with E-state index in [-0.39, 0.29) is 5.56 Å². The first-order chi connectivity index (χ1) is 12.7. The van der Waals surface area contributed by atoms with E-state index in [1.807, 2.05) is 30.5 Å². The van der Waals surface area contributed by atoms with Gasteiger partial charge in [-0.25, -0.2) is 4.98 Å². The summed E-state index contributed by atoms with van der Waals surface area (Å²) < 4.78 is 7.67. The Kier molecular flexibility index (Phi) is 4.80. The number of halogens is 1. The summed E-state index contributed by atoms with van der Waals surface area (Å²) in [5.74, 6) is 1.41. The fourth-order valence-electron chi connectivity index (χ4n) is 2.47. The van der Waals surface area contributed by atoms with E-state index in [2.05, 4.69) is 15.1 Å². The Hall–Kier alpha value is -2.16. The largest absolute Gasteiger partial charge is 0.338 e. The Labute approximate surface area is 161 Å². The zero-order chi connectivity index (χ0) is 18.1. The second-order valence-electron chi connectivity index (χ2n) is 5.39. The lowest BCUT2D eigenvalue weighted by molar-refractivity contribution is 0.391. The molecular weight excluding hydrogens is 392 g/mol. The molecule has 0 N–H and O–H groups in total. The van der Waals surface area contributed by atoms with Crippen molar-refractivity contribution in [2.24, 2.45) is 0 Å². The lowest BCUT2D eigenvalue weighted by atomic mass is 10.2. The Morgan fingerprint density at radius 1 is 1.23 bits per heavy atom. The summed E-state index contributed by atoms with van der Waals surface area (Å²) in [7, 11) is 0. The molecule has 4 aromatic rings. The van der Waals surface area contributed by atoms with Gasteiger partial charge in [-0.3, -0.25) is 9.36 Å². The van der Waals surface area contributed by atoms with Crippen molar-refractivity contribution in [3.8, 4) is 11.4 Å². The molecule has 0 bridgehead atoms. The van der Waals surface area contributed by atoms with Crippen LogP contribution >= 0.6 is 34.7 Å². The minimum absolute atomic E-state index is 0.0117. The summed E-state index contributed by atoms with van der Waals surface area (Å²) in [6.45, 7) is 2.49. The molecule has 0 saturated carbocycles. The molecular formula is C17H13ClN4O2S2. The van der Waals surface area contributed by atoms with Crippen molar-refractivity contribution in [2.45, 2.75) is 24.4 Å². The van der Waals surface area contributed by atoms with Gasteiger partial charge in [0.15, 0.2) is 5.16 Å². The monoisotopic (exact) mass is 404 g/mol. The summed E-state index contributed by atoms with van der Waals surface area (Å²) in [4.78, 5) is 21.5. The number of rotatable bonds is 5. The number of fused-ring (bicyclic) bond motifs is 1. The third kappa shape index (κ3) is 3.27. The smallest absolute Gasteiger partial charge is 0.272 e. The van der Waals surface area contributed by atoms with E-state index in [0.29, 0.717) is 38.9 Å². The molecule has 3 heterocycles. The predicted octanol–water partition coefficient (Wildman–Crippen LogP) is 4.47. The summed E-state index contributed by atoms with van der Waals surface area (Å²) in [6, 6.07) is 9.09. The van der Waals surface area contributed by atoms with Gasteiger partial charge in [-0.1, -0.05) is 28.5 Å². The summed E-state index contributed by atoms with van der Waals surface area (Å²) in [5, 5.41) is 7.18. The van der Waals surface area contributed by atoms with E-state index in [9.17, 15) is 4.79 Å². The number of thiophene rings is 1. The molecule has 0 aliphatic carbocycles. The molecule has 26 heavy (non-hydrogen) atoms. The van der Waals surface area contributed by atoms with Crippen molar-refractivity contribution in [1.29, 1.82) is 0 Å². The van der Waals surface area contributed by atoms with Crippen LogP contribution in [0.25, 0.3) is 21.6 Å². The first-order valence-corrected chi connectivity index (χ1v) is 10.1. The highest BCUT2D eigenvalue weighted by atomic mass is 35.5. The highest BCUT2D eigenvalue weighted by Gasteiger charge is 2.14. The number of thioether (sulfide) groups is 1. The number of nitrogens with zero attached hydrogens (tertiary/aromatic N) is 4. The van der Waals surface area contributed by atoms with Crippen molar-refractivity contribution in [2.75, 3.05) is 0 Å². The zero-order valence-electron chi connectivity index (χ0n) is 13.7. The first-order valence-electron chi connectivity index (χ1n) is 7.85. The Morgan fingerprint density at radius 3 is 2.81 bits per heavy atom. The molecule has 0 aliphatic heterocycles. The van der Waals surface area contributed by atoms with Gasteiger partial charge in [0.25, 0.3) is 5.56 Å². The Bertz CT molecular complexity index is 1120. The third-order valence-corrected chi connectivity index (χ3v) is 5.85. The molecule has 0 amide bonds. The molecule has 0 unspecified atom stereocenters. The summed E-state index contributed by atoms with van der Waals surface area (Å²) in [6.07, 6.45) is 0. The fraction of sp³-hybridized carbons (Fsp3) is 0.176. The van der Waals surface area contributed by atoms with E-state index in [1.54, 1.807) is 16.7 Å². The van der Waals surface area contributed by atoms with Crippen molar-refractivity contribution in [3.63, 3.8) is 0 Å². The van der Waals surface area contributed by atoms with Crippen LogP contribution in [-0.4, -0.2) is 19.7 Å². The SMILES string of the molecule is CCn1c(SCc2nc(-c3ccc(Cl)cc3)no2)nc2ccsc2c1=O. The average molecular weight is 405 g/mol. The second kappa shape index (κ2) is 7.22. The van der Waals surface area contributed by atoms with Gasteiger partial charge in [-0.05, 0) is 42.6 Å². The maximum Gasteiger partial charge on any atom is 0.272 e. The molecule has 0 radical (unpaired) electrons. The van der Waals surface area contributed by atoms with Crippen LogP contribution in [-0.2, 0) is 12.3 Å². The van der Waals surface area contributed by atoms with Gasteiger partial charge in [0.05, 0.1) is 11.3 Å². The molecule has 3 aromatic heterocycles. The molecule has 6 nitrogen and oxygen atoms in total. The Morgan fingerprint density at radius 2 is 2.04 bits per heavy atom. The number of aromatic nitrogens is 4. The Balaban J connectivity index is 1.57. The fourth-order valence-corrected chi connectivity index (χ4v) is 4.27. The van der Waals surface area contributed by atoms with Gasteiger partial charge in [-0.15, -0.1) is 11.3 Å². The van der Waals surface area contributed by atoms with Crippen LogP contribution in [0.15, 0.2) is 50.2 Å². The van der Waals surface area contributed by atoms with E-state index in [4.69, 9.17) is 16.1 Å². The maximum atomic E-state index is 12.5. The van der Waals surface area contributed by atoms with Gasteiger partial charge >= 0.3 is 0 Å². The molecule has 4 rings (SSSR count). The van der Waals surface area contributed by atoms with E-state index in [1.165, 1.54) is 23.1 Å². The van der Waals surface area contributed by atoms with Gasteiger partial charge in [0.1, 0.15) is 4.70 Å². The van der Waals surface area contributed by atoms with Crippen LogP contribution in [0.3, 0.4) is 0 Å². The number of hydrogen-bond acceptors (Lipinski definition) is 7. The third-order valence-electron chi connectivity index (χ3n) is 3.74. The molecule has 0 aliphatic rings. The molecule has 0 atom stereocenters. The molecule has 0 saturated heterocycles. The topological polar surface area (TPSA) is 73.8 Å². The lowest BCUT2D eigenvalue weighted by Gasteiger charge is -2.08. The van der Waals surface area contributed by atoms with Crippen molar-refractivity contribution in [1.82, 2.24) is 19.7 Å². The number of hydrogen-bond donors (Lipinski definition) is 0. The van der Waals surface area contributed by atoms with E-state index < -0.39 is 0 Å². The quantitative estimate of drug-likeness (QED) is 0.361. The van der Waals surface area contributed by atoms with Crippen molar-refractivity contribution >= 4 is 44.9 Å². The van der Waals surface area contributed by atoms with Gasteiger partial charge < -0.3 is 4.52 Å². The summed E-state index contributed by atoms with van der Waals surface area (Å²) in [5.41, 5.74) is 1.54. The van der Waals surface area contributed by atoms with Gasteiger partial charge in [0, 0.05) is 17.1 Å². The van der Waals surface area contributed by atoms with Gasteiger partial charge in [0.2, 0.25) is 11.7 Å². The normalized spacial score (nSPS) is 11.3. The minimum Gasteiger partial charge on any atom is -0.338 e. The number of benzene rings is 1. The van der Waals surface area contributed by atoms with Crippen LogP contribution in [0.2, 0.25) is 5.02 Å². The zero-order valence-corrected chi connectivity index (χ0v) is 16.1. The van der Waals surface area contributed by atoms with Crippen molar-refractivity contribution < 1.29 is 4.52 Å². The lowest BCUT2D eigenvalue weighted by Crippen LogP contribution is -2.21. The van der Waals surface area contributed by atoms with Crippen LogP contribution in [0.4, 0.5) is 0 Å². The van der Waals surface area contributed by atoms with Crippen LogP contribution in [0.1, 0.15) is 12.8 Å². The standard InChI is InChI=1S/C17H13ClN4O2S2/c1-2-22-16(23)14-12(7-8-25-14)19-17(22)26-9-13-20-15(21-24-13)10-3-5-11(18)6-4-10/h3-8H,2,9H2,1H3. The van der Waals surface area contributed by atoms with E-state index in [0.717, 1.165) is 11.1 Å². The summed E-state index contributed by atoms with van der Waals surface area (Å²) >= 11 is 8.72. The highest BCUT2D eigenvalue weighted by molar-refractivity contribution is 7.98. The highest BCUT2D eigenvalue weighted by Crippen LogP contribution is 2.25. The van der Waals surface area contributed by atoms with Crippen LogP contribution in [0, 0.1) is 0 Å². The van der Waals surface area contributed by atoms with Gasteiger partial charge in [-0.2, -0.15) is 4.98 Å². The first kappa shape index (κ1) is 17.3. The molecule has 1 aromatic carbocycles. The van der Waals surface area contributed by atoms with Crippen LogP contribution in [0.5, 0.6) is 0 Å². The average Bonchev–Trinajstić information content (AvgIpc) is 3.30. The molecule has 132 valence electrons. The minimum atomic E-state index is -0.0117. The maximum absolute atomic E-state index is 12.5.